The second-order valence-electron chi connectivity index (χ2n) is 8.19. The third-order valence-corrected chi connectivity index (χ3v) is 5.71. The second-order valence-corrected chi connectivity index (χ2v) is 8.19. The Morgan fingerprint density at radius 3 is 2.38 bits per heavy atom. The minimum atomic E-state index is -0.247. The van der Waals surface area contributed by atoms with Crippen LogP contribution < -0.4 is 20.3 Å². The number of benzene rings is 2. The van der Waals surface area contributed by atoms with E-state index in [4.69, 9.17) is 4.74 Å². The molecule has 1 saturated heterocycles. The van der Waals surface area contributed by atoms with Gasteiger partial charge in [0.2, 0.25) is 11.8 Å². The Morgan fingerprint density at radius 1 is 1.12 bits per heavy atom. The van der Waals surface area contributed by atoms with E-state index in [-0.39, 0.29) is 29.7 Å². The van der Waals surface area contributed by atoms with Crippen molar-refractivity contribution in [1.82, 2.24) is 10.2 Å². The van der Waals surface area contributed by atoms with E-state index in [2.05, 4.69) is 10.6 Å². The fourth-order valence-corrected chi connectivity index (χ4v) is 3.46. The number of nitrogens with zero attached hydrogens (tertiary/aromatic N) is 2. The smallest absolute Gasteiger partial charge is 0.251 e. The molecule has 8 nitrogen and oxygen atoms in total. The lowest BCUT2D eigenvalue weighted by molar-refractivity contribution is -0.120. The molecule has 0 spiro atoms. The Morgan fingerprint density at radius 2 is 1.78 bits per heavy atom. The average molecular weight is 439 g/mol. The zero-order valence-corrected chi connectivity index (χ0v) is 18.9. The fourth-order valence-electron chi connectivity index (χ4n) is 3.46. The first-order valence-electron chi connectivity index (χ1n) is 10.6. The number of ether oxygens (including phenoxy) is 1. The first-order valence-corrected chi connectivity index (χ1v) is 10.6. The van der Waals surface area contributed by atoms with Crippen LogP contribution in [-0.4, -0.2) is 63.0 Å². The molecule has 1 aliphatic rings. The summed E-state index contributed by atoms with van der Waals surface area (Å²) >= 11 is 0. The van der Waals surface area contributed by atoms with E-state index in [1.807, 2.05) is 38.1 Å². The Balaban J connectivity index is 1.53. The van der Waals surface area contributed by atoms with Crippen LogP contribution in [0, 0.1) is 5.92 Å². The van der Waals surface area contributed by atoms with Gasteiger partial charge in [-0.2, -0.15) is 0 Å². The number of rotatable bonds is 8. The predicted molar refractivity (Wildman–Crippen MR) is 124 cm³/mol. The SMILES string of the molecule is COc1ccc(C(=O)NCC2CC(=O)N(c3ccc(NC(=O)C(C)N(C)C)cc3)C2)cc1. The summed E-state index contributed by atoms with van der Waals surface area (Å²) in [5.74, 6) is 0.478. The number of carbonyl (C=O) groups excluding carboxylic acids is 3. The summed E-state index contributed by atoms with van der Waals surface area (Å²) < 4.78 is 5.10. The van der Waals surface area contributed by atoms with E-state index < -0.39 is 0 Å². The summed E-state index contributed by atoms with van der Waals surface area (Å²) in [6, 6.07) is 13.9. The summed E-state index contributed by atoms with van der Waals surface area (Å²) in [4.78, 5) is 40.6. The molecule has 0 aliphatic carbocycles. The zero-order valence-electron chi connectivity index (χ0n) is 18.9. The highest BCUT2D eigenvalue weighted by molar-refractivity contribution is 5.97. The largest absolute Gasteiger partial charge is 0.497 e. The van der Waals surface area contributed by atoms with E-state index >= 15 is 0 Å². The molecule has 0 aromatic heterocycles. The number of methoxy groups -OCH3 is 1. The molecule has 1 heterocycles. The number of nitrogens with one attached hydrogen (secondary N) is 2. The highest BCUT2D eigenvalue weighted by Crippen LogP contribution is 2.26. The van der Waals surface area contributed by atoms with Crippen LogP contribution in [0.2, 0.25) is 0 Å². The molecule has 170 valence electrons. The van der Waals surface area contributed by atoms with Crippen LogP contribution in [0.1, 0.15) is 23.7 Å². The third kappa shape index (κ3) is 5.64. The number of likely N-dealkylation sites (N-methyl/N-ethyl adjacent to an activating group) is 1. The topological polar surface area (TPSA) is 91.0 Å². The van der Waals surface area contributed by atoms with Crippen molar-refractivity contribution in [1.29, 1.82) is 0 Å². The van der Waals surface area contributed by atoms with Crippen LogP contribution in [0.15, 0.2) is 48.5 Å². The molecule has 32 heavy (non-hydrogen) atoms. The van der Waals surface area contributed by atoms with Crippen LogP contribution in [0.3, 0.4) is 0 Å². The van der Waals surface area contributed by atoms with Gasteiger partial charge < -0.3 is 20.3 Å². The summed E-state index contributed by atoms with van der Waals surface area (Å²) in [7, 11) is 5.28. The van der Waals surface area contributed by atoms with Crippen molar-refractivity contribution < 1.29 is 19.1 Å². The Bertz CT molecular complexity index is 957. The van der Waals surface area contributed by atoms with Crippen molar-refractivity contribution >= 4 is 29.1 Å². The molecule has 1 aliphatic heterocycles. The van der Waals surface area contributed by atoms with Gasteiger partial charge in [0.1, 0.15) is 5.75 Å². The lowest BCUT2D eigenvalue weighted by Crippen LogP contribution is -2.37. The zero-order chi connectivity index (χ0) is 23.3. The predicted octanol–water partition coefficient (Wildman–Crippen LogP) is 2.37. The van der Waals surface area contributed by atoms with Crippen molar-refractivity contribution in [3.63, 3.8) is 0 Å². The molecule has 2 aromatic carbocycles. The lowest BCUT2D eigenvalue weighted by atomic mass is 10.1. The van der Waals surface area contributed by atoms with Crippen molar-refractivity contribution in [2.24, 2.45) is 5.92 Å². The van der Waals surface area contributed by atoms with Gasteiger partial charge in [0, 0.05) is 42.4 Å². The quantitative estimate of drug-likeness (QED) is 0.660. The minimum absolute atomic E-state index is 0.0201. The molecular formula is C24H30N4O4. The molecule has 2 N–H and O–H groups in total. The number of amides is 3. The average Bonchev–Trinajstić information content (AvgIpc) is 3.17. The third-order valence-electron chi connectivity index (χ3n) is 5.71. The van der Waals surface area contributed by atoms with Gasteiger partial charge in [-0.05, 0) is 69.6 Å². The van der Waals surface area contributed by atoms with Gasteiger partial charge in [0.25, 0.3) is 5.91 Å². The van der Waals surface area contributed by atoms with E-state index in [9.17, 15) is 14.4 Å². The Hall–Kier alpha value is -3.39. The fraction of sp³-hybridized carbons (Fsp3) is 0.375. The summed E-state index contributed by atoms with van der Waals surface area (Å²) in [5, 5.41) is 5.79. The molecule has 2 aromatic rings. The van der Waals surface area contributed by atoms with Crippen LogP contribution in [-0.2, 0) is 9.59 Å². The first kappa shape index (κ1) is 23.3. The van der Waals surface area contributed by atoms with Crippen molar-refractivity contribution in [3.8, 4) is 5.75 Å². The molecule has 0 saturated carbocycles. The van der Waals surface area contributed by atoms with Gasteiger partial charge in [-0.3, -0.25) is 19.3 Å². The maximum atomic E-state index is 12.5. The highest BCUT2D eigenvalue weighted by atomic mass is 16.5. The molecular weight excluding hydrogens is 408 g/mol. The van der Waals surface area contributed by atoms with Crippen LogP contribution in [0.5, 0.6) is 5.75 Å². The molecule has 8 heteroatoms. The van der Waals surface area contributed by atoms with Crippen LogP contribution >= 0.6 is 0 Å². The van der Waals surface area contributed by atoms with E-state index in [1.54, 1.807) is 48.4 Å². The minimum Gasteiger partial charge on any atom is -0.497 e. The normalized spacial score (nSPS) is 16.7. The highest BCUT2D eigenvalue weighted by Gasteiger charge is 2.30. The maximum absolute atomic E-state index is 12.5. The monoisotopic (exact) mass is 438 g/mol. The van der Waals surface area contributed by atoms with Gasteiger partial charge in [0.15, 0.2) is 0 Å². The Labute approximate surface area is 188 Å². The molecule has 0 radical (unpaired) electrons. The first-order chi connectivity index (χ1) is 15.3. The molecule has 2 unspecified atom stereocenters. The maximum Gasteiger partial charge on any atom is 0.251 e. The van der Waals surface area contributed by atoms with E-state index in [0.29, 0.717) is 36.5 Å². The standard InChI is InChI=1S/C24H30N4O4/c1-16(27(2)3)23(30)26-19-7-9-20(10-8-19)28-15-17(13-22(28)29)14-25-24(31)18-5-11-21(32-4)12-6-18/h5-12,16-17H,13-15H2,1-4H3,(H,25,31)(H,26,30). The van der Waals surface area contributed by atoms with Gasteiger partial charge in [-0.25, -0.2) is 0 Å². The number of anilines is 2. The number of carbonyl (C=O) groups is 3. The second kappa shape index (κ2) is 10.3. The van der Waals surface area contributed by atoms with Crippen molar-refractivity contribution in [2.45, 2.75) is 19.4 Å². The van der Waals surface area contributed by atoms with Crippen LogP contribution in [0.4, 0.5) is 11.4 Å². The Kier molecular flexibility index (Phi) is 7.48. The molecule has 3 amide bonds. The summed E-state index contributed by atoms with van der Waals surface area (Å²) in [6.07, 6.45) is 0.377. The van der Waals surface area contributed by atoms with Crippen molar-refractivity contribution in [3.05, 3.63) is 54.1 Å². The molecule has 2 atom stereocenters. The molecule has 1 fully saturated rings. The lowest BCUT2D eigenvalue weighted by Gasteiger charge is -2.20. The van der Waals surface area contributed by atoms with E-state index in [0.717, 1.165) is 5.69 Å². The van der Waals surface area contributed by atoms with Crippen molar-refractivity contribution in [2.75, 3.05) is 44.5 Å². The van der Waals surface area contributed by atoms with Gasteiger partial charge >= 0.3 is 0 Å². The van der Waals surface area contributed by atoms with E-state index in [1.165, 1.54) is 0 Å². The van der Waals surface area contributed by atoms with Crippen LogP contribution in [0.25, 0.3) is 0 Å². The number of hydrogen-bond acceptors (Lipinski definition) is 5. The summed E-state index contributed by atoms with van der Waals surface area (Å²) in [6.45, 7) is 2.79. The summed E-state index contributed by atoms with van der Waals surface area (Å²) in [5.41, 5.74) is 2.01. The molecule has 3 rings (SSSR count). The molecule has 0 bridgehead atoms. The van der Waals surface area contributed by atoms with Gasteiger partial charge in [-0.1, -0.05) is 0 Å². The number of hydrogen-bond donors (Lipinski definition) is 2. The van der Waals surface area contributed by atoms with Gasteiger partial charge in [0.05, 0.1) is 13.2 Å². The van der Waals surface area contributed by atoms with Gasteiger partial charge in [-0.15, -0.1) is 0 Å².